The minimum Gasteiger partial charge on any atom is -0.478 e. The molecule has 3 rings (SSSR count). The molecular formula is C21H20N6O8S2. The molecule has 7 N–H and O–H groups in total. The summed E-state index contributed by atoms with van der Waals surface area (Å²) in [6.07, 6.45) is 0. The zero-order valence-corrected chi connectivity index (χ0v) is 20.4. The van der Waals surface area contributed by atoms with Crippen LogP contribution in [0, 0.1) is 0 Å². The number of carboxylic acids is 1. The number of aromatic carboxylic acids is 1. The third-order valence-electron chi connectivity index (χ3n) is 4.79. The Balaban J connectivity index is 2.04. The first kappa shape index (κ1) is 27.3. The number of aliphatic hydroxyl groups is 1. The Kier molecular flexibility index (Phi) is 7.97. The Morgan fingerprint density at radius 1 is 0.838 bits per heavy atom. The molecule has 0 saturated heterocycles. The molecule has 0 bridgehead atoms. The van der Waals surface area contributed by atoms with E-state index in [1.807, 2.05) is 0 Å². The van der Waals surface area contributed by atoms with Crippen LogP contribution in [0.15, 0.2) is 84.8 Å². The van der Waals surface area contributed by atoms with E-state index in [1.165, 1.54) is 48.5 Å². The second kappa shape index (κ2) is 10.8. The largest absolute Gasteiger partial charge is 0.478 e. The van der Waals surface area contributed by atoms with Gasteiger partial charge in [-0.3, -0.25) is 4.55 Å². The van der Waals surface area contributed by atoms with Gasteiger partial charge in [0, 0.05) is 0 Å². The lowest BCUT2D eigenvalue weighted by atomic mass is 10.2. The van der Waals surface area contributed by atoms with Crippen molar-refractivity contribution in [2.24, 2.45) is 20.5 Å². The van der Waals surface area contributed by atoms with E-state index >= 15 is 0 Å². The average Bonchev–Trinajstić information content (AvgIpc) is 2.83. The minimum atomic E-state index is -4.86. The summed E-state index contributed by atoms with van der Waals surface area (Å²) in [5.74, 6) is -1.65. The van der Waals surface area contributed by atoms with Crippen LogP contribution in [0.25, 0.3) is 0 Å². The smallest absolute Gasteiger partial charge is 0.335 e. The number of nitrogens with zero attached hydrogens (tertiary/aromatic N) is 4. The minimum absolute atomic E-state index is 0.0455. The lowest BCUT2D eigenvalue weighted by Gasteiger charge is -2.10. The maximum absolute atomic E-state index is 12.0. The molecule has 0 aliphatic carbocycles. The Morgan fingerprint density at radius 2 is 1.49 bits per heavy atom. The highest BCUT2D eigenvalue weighted by Crippen LogP contribution is 2.43. The SMILES string of the molecule is Nc1c(N=Nc2ccc(S(=O)(=O)CCO)cc2)cc(S(=O)(=O)O)c(N)c1N=Nc1cccc(C(=O)O)c1. The third kappa shape index (κ3) is 6.50. The number of azo groups is 2. The number of anilines is 2. The molecule has 0 aliphatic rings. The van der Waals surface area contributed by atoms with Crippen molar-refractivity contribution in [1.29, 1.82) is 0 Å². The van der Waals surface area contributed by atoms with Crippen molar-refractivity contribution in [3.8, 4) is 0 Å². The topological polar surface area (TPSA) is 248 Å². The number of rotatable bonds is 9. The van der Waals surface area contributed by atoms with E-state index in [0.717, 1.165) is 6.07 Å². The predicted molar refractivity (Wildman–Crippen MR) is 132 cm³/mol. The number of nitrogen functional groups attached to an aromatic ring is 2. The number of aliphatic hydroxyl groups excluding tert-OH is 1. The van der Waals surface area contributed by atoms with Crippen molar-refractivity contribution in [2.75, 3.05) is 23.8 Å². The van der Waals surface area contributed by atoms with Gasteiger partial charge in [0.1, 0.15) is 16.3 Å². The van der Waals surface area contributed by atoms with Gasteiger partial charge < -0.3 is 21.7 Å². The molecule has 16 heteroatoms. The zero-order valence-electron chi connectivity index (χ0n) is 18.8. The molecule has 0 spiro atoms. The van der Waals surface area contributed by atoms with Crippen molar-refractivity contribution in [2.45, 2.75) is 9.79 Å². The maximum Gasteiger partial charge on any atom is 0.335 e. The molecule has 0 radical (unpaired) electrons. The summed E-state index contributed by atoms with van der Waals surface area (Å²) < 4.78 is 57.4. The summed E-state index contributed by atoms with van der Waals surface area (Å²) in [4.78, 5) is 10.3. The molecule has 194 valence electrons. The van der Waals surface area contributed by atoms with Crippen molar-refractivity contribution in [3.05, 3.63) is 60.2 Å². The van der Waals surface area contributed by atoms with Crippen LogP contribution in [0.3, 0.4) is 0 Å². The van der Waals surface area contributed by atoms with E-state index in [1.54, 1.807) is 0 Å². The van der Waals surface area contributed by atoms with Crippen LogP contribution in [0.5, 0.6) is 0 Å². The molecule has 0 aromatic heterocycles. The van der Waals surface area contributed by atoms with Gasteiger partial charge in [0.25, 0.3) is 10.1 Å². The molecule has 0 aliphatic heterocycles. The van der Waals surface area contributed by atoms with Crippen LogP contribution < -0.4 is 11.5 Å². The highest BCUT2D eigenvalue weighted by atomic mass is 32.2. The number of nitrogens with two attached hydrogens (primary N) is 2. The monoisotopic (exact) mass is 548 g/mol. The van der Waals surface area contributed by atoms with E-state index in [9.17, 15) is 26.2 Å². The van der Waals surface area contributed by atoms with E-state index in [2.05, 4.69) is 20.5 Å². The fourth-order valence-corrected chi connectivity index (χ4v) is 4.61. The Morgan fingerprint density at radius 3 is 2.08 bits per heavy atom. The molecule has 0 fully saturated rings. The summed E-state index contributed by atoms with van der Waals surface area (Å²) >= 11 is 0. The van der Waals surface area contributed by atoms with Gasteiger partial charge in [-0.1, -0.05) is 6.07 Å². The fourth-order valence-electron chi connectivity index (χ4n) is 2.95. The van der Waals surface area contributed by atoms with Crippen LogP contribution in [0.4, 0.5) is 34.1 Å². The lowest BCUT2D eigenvalue weighted by Crippen LogP contribution is -2.09. The van der Waals surface area contributed by atoms with E-state index in [-0.39, 0.29) is 38.9 Å². The number of sulfone groups is 1. The van der Waals surface area contributed by atoms with Gasteiger partial charge in [0.2, 0.25) is 0 Å². The number of hydrogen-bond donors (Lipinski definition) is 5. The van der Waals surface area contributed by atoms with Gasteiger partial charge in [0.05, 0.1) is 45.6 Å². The van der Waals surface area contributed by atoms with Crippen molar-refractivity contribution in [3.63, 3.8) is 0 Å². The third-order valence-corrected chi connectivity index (χ3v) is 7.39. The maximum atomic E-state index is 12.0. The Bertz CT molecular complexity index is 1620. The highest BCUT2D eigenvalue weighted by molar-refractivity contribution is 7.91. The van der Waals surface area contributed by atoms with Crippen molar-refractivity contribution >= 4 is 60.0 Å². The Hall–Kier alpha value is -4.25. The molecule has 0 atom stereocenters. The van der Waals surface area contributed by atoms with Crippen molar-refractivity contribution in [1.82, 2.24) is 0 Å². The average molecular weight is 549 g/mol. The summed E-state index contributed by atoms with van der Waals surface area (Å²) in [7, 11) is -8.53. The van der Waals surface area contributed by atoms with Gasteiger partial charge in [-0.15, -0.1) is 10.2 Å². The van der Waals surface area contributed by atoms with E-state index in [4.69, 9.17) is 21.7 Å². The van der Waals surface area contributed by atoms with Gasteiger partial charge in [-0.05, 0) is 48.5 Å². The van der Waals surface area contributed by atoms with Crippen LogP contribution in [-0.2, 0) is 20.0 Å². The number of carboxylic acid groups (broad SMARTS) is 1. The van der Waals surface area contributed by atoms with Crippen molar-refractivity contribution < 1.29 is 36.4 Å². The van der Waals surface area contributed by atoms with Gasteiger partial charge in [-0.2, -0.15) is 18.6 Å². The molecule has 3 aromatic rings. The second-order valence-corrected chi connectivity index (χ2v) is 10.8. The van der Waals surface area contributed by atoms with Crippen LogP contribution in [0.2, 0.25) is 0 Å². The molecule has 0 saturated carbocycles. The molecular weight excluding hydrogens is 528 g/mol. The van der Waals surface area contributed by atoms with Gasteiger partial charge in [-0.25, -0.2) is 13.2 Å². The zero-order chi connectivity index (χ0) is 27.4. The molecule has 14 nitrogen and oxygen atoms in total. The lowest BCUT2D eigenvalue weighted by molar-refractivity contribution is 0.0697. The summed E-state index contributed by atoms with van der Waals surface area (Å²) in [6, 6.07) is 11.4. The molecule has 0 heterocycles. The molecule has 3 aromatic carbocycles. The highest BCUT2D eigenvalue weighted by Gasteiger charge is 2.22. The summed E-state index contributed by atoms with van der Waals surface area (Å²) in [6.45, 7) is -0.541. The van der Waals surface area contributed by atoms with E-state index < -0.39 is 48.9 Å². The quantitative estimate of drug-likeness (QED) is 0.148. The Labute approximate surface area is 210 Å². The molecule has 0 amide bonds. The van der Waals surface area contributed by atoms with Gasteiger partial charge in [0.15, 0.2) is 9.84 Å². The van der Waals surface area contributed by atoms with Crippen LogP contribution in [-0.4, -0.2) is 49.9 Å². The molecule has 0 unspecified atom stereocenters. The molecule has 37 heavy (non-hydrogen) atoms. The predicted octanol–water partition coefficient (Wildman–Crippen LogP) is 3.39. The first-order chi connectivity index (χ1) is 17.3. The number of hydrogen-bond acceptors (Lipinski definition) is 12. The van der Waals surface area contributed by atoms with Crippen LogP contribution >= 0.6 is 0 Å². The second-order valence-electron chi connectivity index (χ2n) is 7.34. The summed E-state index contributed by atoms with van der Waals surface area (Å²) in [5.41, 5.74) is 10.7. The fraction of sp³-hybridized carbons (Fsp3) is 0.0952. The normalized spacial score (nSPS) is 12.4. The van der Waals surface area contributed by atoms with E-state index in [0.29, 0.717) is 0 Å². The van der Waals surface area contributed by atoms with Gasteiger partial charge >= 0.3 is 5.97 Å². The first-order valence-electron chi connectivity index (χ1n) is 10.1. The standard InChI is InChI=1S/C21H20N6O8S2/c22-18-16(26-24-13-4-6-15(7-5-13)36(31,32)9-8-28)11-17(37(33,34)35)19(23)20(18)27-25-14-3-1-2-12(10-14)21(29)30/h1-7,10-11,28H,8-9,22-23H2,(H,29,30)(H,33,34,35). The summed E-state index contributed by atoms with van der Waals surface area (Å²) in [5, 5.41) is 33.4. The van der Waals surface area contributed by atoms with Crippen LogP contribution in [0.1, 0.15) is 10.4 Å². The number of benzene rings is 3. The number of carbonyl (C=O) groups is 1. The first-order valence-corrected chi connectivity index (χ1v) is 13.2.